The maximum atomic E-state index is 14.2. The summed E-state index contributed by atoms with van der Waals surface area (Å²) in [4.78, 5) is 29.7. The first kappa shape index (κ1) is 26.4. The Morgan fingerprint density at radius 2 is 1.93 bits per heavy atom. The average Bonchev–Trinajstić information content (AvgIpc) is 3.46. The number of primary amides is 1. The molecule has 0 bridgehead atoms. The summed E-state index contributed by atoms with van der Waals surface area (Å²) in [5.41, 5.74) is 9.13. The second kappa shape index (κ2) is 10.3. The molecule has 4 aromatic rings. The molecule has 0 aliphatic heterocycles. The number of halogens is 3. The summed E-state index contributed by atoms with van der Waals surface area (Å²) in [6, 6.07) is 9.46. The summed E-state index contributed by atoms with van der Waals surface area (Å²) in [7, 11) is 0. The van der Waals surface area contributed by atoms with Gasteiger partial charge in [0.05, 0.1) is 17.3 Å². The van der Waals surface area contributed by atoms with E-state index in [2.05, 4.69) is 15.4 Å². The molecule has 0 radical (unpaired) electrons. The van der Waals surface area contributed by atoms with Crippen molar-refractivity contribution < 1.29 is 22.8 Å². The molecule has 0 saturated heterocycles. The summed E-state index contributed by atoms with van der Waals surface area (Å²) in [6.07, 6.45) is 4.57. The SMILES string of the molecule is N=Cc1nn(CC(=O)N[C@@H](Cc2cc(F)cc(F)c2)c2ncccc2-c2ccc(F)c(C(N)=O)c2)c2c1C1CC1C2. The first-order valence-electron chi connectivity index (χ1n) is 13.1. The standard InChI is InChI=1S/C30H25F3N6O2/c31-18-6-15(7-19(32)12-18)8-24(29-20(2-1-5-36-29)16-3-4-23(33)22(9-16)30(35)41)37-27(40)14-39-26-11-17-10-21(17)28(26)25(13-34)38-39/h1-7,9,12-13,17,21,24,34H,8,10-11,14H2,(H2,35,41)(H,37,40)/t17?,21?,24-/m0/s1. The molecule has 2 aliphatic rings. The predicted octanol–water partition coefficient (Wildman–Crippen LogP) is 4.22. The number of carbonyl (C=O) groups is 2. The van der Waals surface area contributed by atoms with Gasteiger partial charge < -0.3 is 16.5 Å². The van der Waals surface area contributed by atoms with Gasteiger partial charge in [-0.15, -0.1) is 0 Å². The Labute approximate surface area is 232 Å². The molecule has 2 amide bonds. The van der Waals surface area contributed by atoms with Crippen molar-refractivity contribution in [3.8, 4) is 11.1 Å². The Balaban J connectivity index is 1.35. The third-order valence-corrected chi connectivity index (χ3v) is 7.71. The highest BCUT2D eigenvalue weighted by Gasteiger charge is 2.49. The van der Waals surface area contributed by atoms with E-state index in [4.69, 9.17) is 11.1 Å². The molecular formula is C30H25F3N6O2. The van der Waals surface area contributed by atoms with Crippen molar-refractivity contribution >= 4 is 18.0 Å². The minimum Gasteiger partial charge on any atom is -0.366 e. The zero-order chi connectivity index (χ0) is 28.8. The van der Waals surface area contributed by atoms with Gasteiger partial charge in [0.1, 0.15) is 29.7 Å². The van der Waals surface area contributed by atoms with Crippen molar-refractivity contribution in [2.24, 2.45) is 11.7 Å². The van der Waals surface area contributed by atoms with Crippen LogP contribution in [0.25, 0.3) is 11.1 Å². The summed E-state index contributed by atoms with van der Waals surface area (Å²) in [5.74, 6) is -2.73. The van der Waals surface area contributed by atoms with E-state index in [1.807, 2.05) is 0 Å². The van der Waals surface area contributed by atoms with Crippen molar-refractivity contribution in [2.45, 2.75) is 37.8 Å². The number of aromatic nitrogens is 3. The van der Waals surface area contributed by atoms with Crippen molar-refractivity contribution in [3.05, 3.63) is 106 Å². The first-order chi connectivity index (χ1) is 19.7. The van der Waals surface area contributed by atoms with Gasteiger partial charge in [0, 0.05) is 35.3 Å². The van der Waals surface area contributed by atoms with Gasteiger partial charge >= 0.3 is 0 Å². The number of benzene rings is 2. The lowest BCUT2D eigenvalue weighted by Gasteiger charge is -2.22. The van der Waals surface area contributed by atoms with Crippen LogP contribution in [0.2, 0.25) is 0 Å². The van der Waals surface area contributed by atoms with Crippen LogP contribution in [0.3, 0.4) is 0 Å². The molecule has 2 aromatic carbocycles. The van der Waals surface area contributed by atoms with Crippen LogP contribution in [-0.2, 0) is 24.2 Å². The molecule has 1 fully saturated rings. The van der Waals surface area contributed by atoms with Crippen LogP contribution in [0.5, 0.6) is 0 Å². The second-order valence-electron chi connectivity index (χ2n) is 10.5. The predicted molar refractivity (Wildman–Crippen MR) is 144 cm³/mol. The summed E-state index contributed by atoms with van der Waals surface area (Å²) in [6.45, 7) is -0.117. The van der Waals surface area contributed by atoms with Gasteiger partial charge in [0.2, 0.25) is 5.91 Å². The molecule has 4 N–H and O–H groups in total. The van der Waals surface area contributed by atoms with Crippen molar-refractivity contribution in [1.29, 1.82) is 5.41 Å². The lowest BCUT2D eigenvalue weighted by molar-refractivity contribution is -0.122. The highest BCUT2D eigenvalue weighted by molar-refractivity contribution is 5.94. The number of carbonyl (C=O) groups excluding carboxylic acids is 2. The van der Waals surface area contributed by atoms with Gasteiger partial charge in [0.25, 0.3) is 5.91 Å². The highest BCUT2D eigenvalue weighted by Crippen LogP contribution is 2.57. The molecule has 2 aromatic heterocycles. The summed E-state index contributed by atoms with van der Waals surface area (Å²) < 4.78 is 44.0. The topological polar surface area (TPSA) is 127 Å². The maximum Gasteiger partial charge on any atom is 0.251 e. The largest absolute Gasteiger partial charge is 0.366 e. The van der Waals surface area contributed by atoms with E-state index in [1.165, 1.54) is 36.7 Å². The number of pyridine rings is 1. The number of fused-ring (bicyclic) bond motifs is 3. The quantitative estimate of drug-likeness (QED) is 0.266. The lowest BCUT2D eigenvalue weighted by Crippen LogP contribution is -2.34. The number of rotatable bonds is 9. The van der Waals surface area contributed by atoms with Crippen LogP contribution >= 0.6 is 0 Å². The minimum absolute atomic E-state index is 0.0125. The maximum absolute atomic E-state index is 14.2. The van der Waals surface area contributed by atoms with Crippen LogP contribution in [0.4, 0.5) is 13.2 Å². The monoisotopic (exact) mass is 558 g/mol. The van der Waals surface area contributed by atoms with Gasteiger partial charge in [-0.2, -0.15) is 5.10 Å². The molecule has 2 aliphatic carbocycles. The Bertz CT molecular complexity index is 1700. The molecule has 6 rings (SSSR count). The summed E-state index contributed by atoms with van der Waals surface area (Å²) >= 11 is 0. The van der Waals surface area contributed by atoms with Crippen LogP contribution in [0.15, 0.2) is 54.7 Å². The van der Waals surface area contributed by atoms with E-state index in [0.29, 0.717) is 34.4 Å². The van der Waals surface area contributed by atoms with E-state index in [-0.39, 0.29) is 24.1 Å². The number of hydrogen-bond acceptors (Lipinski definition) is 5. The van der Waals surface area contributed by atoms with Crippen molar-refractivity contribution in [1.82, 2.24) is 20.1 Å². The van der Waals surface area contributed by atoms with E-state index < -0.39 is 35.3 Å². The van der Waals surface area contributed by atoms with Gasteiger partial charge in [-0.25, -0.2) is 13.2 Å². The number of nitrogens with two attached hydrogens (primary N) is 1. The zero-order valence-corrected chi connectivity index (χ0v) is 21.7. The van der Waals surface area contributed by atoms with Crippen LogP contribution in [-0.4, -0.2) is 32.8 Å². The number of hydrogen-bond donors (Lipinski definition) is 3. The van der Waals surface area contributed by atoms with Gasteiger partial charge in [-0.3, -0.25) is 19.3 Å². The van der Waals surface area contributed by atoms with E-state index in [1.54, 1.807) is 16.8 Å². The normalized spacial score (nSPS) is 17.4. The minimum atomic E-state index is -0.941. The fourth-order valence-electron chi connectivity index (χ4n) is 5.84. The average molecular weight is 559 g/mol. The molecule has 1 saturated carbocycles. The smallest absolute Gasteiger partial charge is 0.251 e. The van der Waals surface area contributed by atoms with E-state index in [9.17, 15) is 22.8 Å². The zero-order valence-electron chi connectivity index (χ0n) is 21.7. The molecular weight excluding hydrogens is 533 g/mol. The Hall–Kier alpha value is -4.80. The van der Waals surface area contributed by atoms with Crippen LogP contribution in [0, 0.1) is 28.8 Å². The molecule has 2 heterocycles. The van der Waals surface area contributed by atoms with Crippen LogP contribution < -0.4 is 11.1 Å². The Morgan fingerprint density at radius 3 is 2.66 bits per heavy atom. The van der Waals surface area contributed by atoms with Crippen molar-refractivity contribution in [3.63, 3.8) is 0 Å². The molecule has 0 spiro atoms. The fourth-order valence-corrected chi connectivity index (χ4v) is 5.84. The summed E-state index contributed by atoms with van der Waals surface area (Å²) in [5, 5.41) is 15.2. The fraction of sp³-hybridized carbons (Fsp3) is 0.233. The van der Waals surface area contributed by atoms with Crippen LogP contribution in [0.1, 0.15) is 56.9 Å². The van der Waals surface area contributed by atoms with Crippen molar-refractivity contribution in [2.75, 3.05) is 0 Å². The Morgan fingerprint density at radius 1 is 1.15 bits per heavy atom. The molecule has 208 valence electrons. The molecule has 3 atom stereocenters. The number of nitrogens with one attached hydrogen (secondary N) is 2. The van der Waals surface area contributed by atoms with Gasteiger partial charge in [-0.05, 0) is 72.6 Å². The number of nitrogens with zero attached hydrogens (tertiary/aromatic N) is 3. The molecule has 2 unspecified atom stereocenters. The van der Waals surface area contributed by atoms with E-state index in [0.717, 1.165) is 36.2 Å². The Kier molecular flexibility index (Phi) is 6.64. The molecule has 11 heteroatoms. The molecule has 41 heavy (non-hydrogen) atoms. The number of amides is 2. The van der Waals surface area contributed by atoms with E-state index >= 15 is 0 Å². The second-order valence-corrected chi connectivity index (χ2v) is 10.5. The first-order valence-corrected chi connectivity index (χ1v) is 13.1. The van der Waals surface area contributed by atoms with Gasteiger partial charge in [-0.1, -0.05) is 12.1 Å². The molecule has 8 nitrogen and oxygen atoms in total. The highest BCUT2D eigenvalue weighted by atomic mass is 19.1. The lowest BCUT2D eigenvalue weighted by atomic mass is 9.94. The van der Waals surface area contributed by atoms with Gasteiger partial charge in [0.15, 0.2) is 0 Å². The third kappa shape index (κ3) is 5.10. The third-order valence-electron chi connectivity index (χ3n) is 7.71.